The Morgan fingerprint density at radius 3 is 2.57 bits per heavy atom. The Morgan fingerprint density at radius 1 is 1.14 bits per heavy atom. The highest BCUT2D eigenvalue weighted by molar-refractivity contribution is 5.73. The van der Waals surface area contributed by atoms with Crippen molar-refractivity contribution >= 4 is 11.4 Å². The molecular weight excluding hydrogens is 264 g/mol. The van der Waals surface area contributed by atoms with E-state index in [1.807, 2.05) is 48.5 Å². The highest BCUT2D eigenvalue weighted by atomic mass is 16.5. The number of nitrogens with one attached hydrogen (secondary N) is 1. The highest BCUT2D eigenvalue weighted by Gasteiger charge is 2.13. The molecule has 0 aliphatic rings. The molecule has 0 bridgehead atoms. The minimum atomic E-state index is -0.199. The van der Waals surface area contributed by atoms with E-state index in [0.717, 1.165) is 17.7 Å². The second-order valence-electron chi connectivity index (χ2n) is 4.86. The summed E-state index contributed by atoms with van der Waals surface area (Å²) in [5.74, 6) is 0.673. The van der Waals surface area contributed by atoms with E-state index in [-0.39, 0.29) is 12.6 Å². The third-order valence-corrected chi connectivity index (χ3v) is 3.24. The molecule has 1 atom stereocenters. The molecule has 4 nitrogen and oxygen atoms in total. The first-order valence-corrected chi connectivity index (χ1v) is 7.20. The Labute approximate surface area is 125 Å². The molecule has 4 N–H and O–H groups in total. The lowest BCUT2D eigenvalue weighted by Crippen LogP contribution is -2.16. The molecule has 0 heterocycles. The van der Waals surface area contributed by atoms with E-state index in [1.165, 1.54) is 0 Å². The fourth-order valence-corrected chi connectivity index (χ4v) is 2.12. The topological polar surface area (TPSA) is 67.5 Å². The van der Waals surface area contributed by atoms with E-state index >= 15 is 0 Å². The molecule has 0 aromatic heterocycles. The van der Waals surface area contributed by atoms with Gasteiger partial charge < -0.3 is 20.9 Å². The van der Waals surface area contributed by atoms with Crippen LogP contribution in [0.1, 0.15) is 24.9 Å². The highest BCUT2D eigenvalue weighted by Crippen LogP contribution is 2.32. The summed E-state index contributed by atoms with van der Waals surface area (Å²) in [5, 5.41) is 12.9. The standard InChI is InChI=1S/C17H22N2O2/c1-2-11-21-16-10-6-9-14(17(16)18)19-15(12-20)13-7-4-3-5-8-13/h3-10,15,19-20H,2,11-12,18H2,1H3. The molecule has 2 aromatic rings. The number of ether oxygens (including phenoxy) is 1. The summed E-state index contributed by atoms with van der Waals surface area (Å²) in [7, 11) is 0. The molecule has 0 fully saturated rings. The molecule has 0 aliphatic carbocycles. The van der Waals surface area contributed by atoms with Gasteiger partial charge in [-0.1, -0.05) is 43.3 Å². The van der Waals surface area contributed by atoms with Gasteiger partial charge in [-0.2, -0.15) is 0 Å². The quantitative estimate of drug-likeness (QED) is 0.684. The number of anilines is 2. The normalized spacial score (nSPS) is 11.9. The number of hydrogen-bond acceptors (Lipinski definition) is 4. The number of aliphatic hydroxyl groups is 1. The molecule has 0 saturated heterocycles. The van der Waals surface area contributed by atoms with Crippen LogP contribution in [0.2, 0.25) is 0 Å². The number of hydrogen-bond donors (Lipinski definition) is 3. The molecule has 21 heavy (non-hydrogen) atoms. The maximum atomic E-state index is 9.61. The van der Waals surface area contributed by atoms with Crippen molar-refractivity contribution in [2.45, 2.75) is 19.4 Å². The van der Waals surface area contributed by atoms with Crippen molar-refractivity contribution in [1.29, 1.82) is 0 Å². The molecule has 112 valence electrons. The summed E-state index contributed by atoms with van der Waals surface area (Å²) in [4.78, 5) is 0. The molecular formula is C17H22N2O2. The van der Waals surface area contributed by atoms with E-state index in [0.29, 0.717) is 18.0 Å². The Kier molecular flexibility index (Phi) is 5.46. The van der Waals surface area contributed by atoms with Gasteiger partial charge >= 0.3 is 0 Å². The van der Waals surface area contributed by atoms with E-state index in [4.69, 9.17) is 10.5 Å². The zero-order chi connectivity index (χ0) is 15.1. The van der Waals surface area contributed by atoms with Crippen molar-refractivity contribution in [3.8, 4) is 5.75 Å². The third kappa shape index (κ3) is 3.89. The second kappa shape index (κ2) is 7.55. The minimum Gasteiger partial charge on any atom is -0.491 e. The van der Waals surface area contributed by atoms with Gasteiger partial charge in [0.1, 0.15) is 5.75 Å². The average molecular weight is 286 g/mol. The van der Waals surface area contributed by atoms with Gasteiger partial charge in [0.2, 0.25) is 0 Å². The van der Waals surface area contributed by atoms with Crippen LogP contribution >= 0.6 is 0 Å². The van der Waals surface area contributed by atoms with Crippen molar-refractivity contribution in [1.82, 2.24) is 0 Å². The van der Waals surface area contributed by atoms with Crippen LogP contribution in [0.25, 0.3) is 0 Å². The predicted octanol–water partition coefficient (Wildman–Crippen LogP) is 3.20. The molecule has 4 heteroatoms. The first-order chi connectivity index (χ1) is 10.3. The van der Waals surface area contributed by atoms with Crippen LogP contribution in [-0.4, -0.2) is 18.3 Å². The van der Waals surface area contributed by atoms with Gasteiger partial charge in [0.15, 0.2) is 0 Å². The molecule has 2 rings (SSSR count). The van der Waals surface area contributed by atoms with E-state index < -0.39 is 0 Å². The molecule has 0 aliphatic heterocycles. The monoisotopic (exact) mass is 286 g/mol. The van der Waals surface area contributed by atoms with Crippen LogP contribution in [0, 0.1) is 0 Å². The fourth-order valence-electron chi connectivity index (χ4n) is 2.12. The van der Waals surface area contributed by atoms with Crippen LogP contribution in [0.4, 0.5) is 11.4 Å². The molecule has 0 amide bonds. The maximum absolute atomic E-state index is 9.61. The van der Waals surface area contributed by atoms with Gasteiger partial charge in [-0.05, 0) is 24.1 Å². The maximum Gasteiger partial charge on any atom is 0.144 e. The van der Waals surface area contributed by atoms with Gasteiger partial charge in [-0.25, -0.2) is 0 Å². The second-order valence-corrected chi connectivity index (χ2v) is 4.86. The fraction of sp³-hybridized carbons (Fsp3) is 0.294. The van der Waals surface area contributed by atoms with Gasteiger partial charge in [-0.3, -0.25) is 0 Å². The van der Waals surface area contributed by atoms with Gasteiger partial charge in [0.05, 0.1) is 30.6 Å². The van der Waals surface area contributed by atoms with Gasteiger partial charge in [-0.15, -0.1) is 0 Å². The summed E-state index contributed by atoms with van der Waals surface area (Å²) in [6, 6.07) is 15.2. The smallest absolute Gasteiger partial charge is 0.144 e. The lowest BCUT2D eigenvalue weighted by atomic mass is 10.1. The minimum absolute atomic E-state index is 0.0104. The lowest BCUT2D eigenvalue weighted by molar-refractivity contribution is 0.276. The Hall–Kier alpha value is -2.20. The van der Waals surface area contributed by atoms with Gasteiger partial charge in [0, 0.05) is 0 Å². The Morgan fingerprint density at radius 2 is 1.90 bits per heavy atom. The van der Waals surface area contributed by atoms with Crippen LogP contribution in [0.5, 0.6) is 5.75 Å². The lowest BCUT2D eigenvalue weighted by Gasteiger charge is -2.20. The molecule has 1 unspecified atom stereocenters. The van der Waals surface area contributed by atoms with Gasteiger partial charge in [0.25, 0.3) is 0 Å². The SMILES string of the molecule is CCCOc1cccc(NC(CO)c2ccccc2)c1N. The van der Waals surface area contributed by atoms with E-state index in [9.17, 15) is 5.11 Å². The Bertz CT molecular complexity index is 558. The van der Waals surface area contributed by atoms with Crippen molar-refractivity contribution in [2.24, 2.45) is 0 Å². The first kappa shape index (κ1) is 15.2. The zero-order valence-corrected chi connectivity index (χ0v) is 12.3. The number of aliphatic hydroxyl groups excluding tert-OH is 1. The first-order valence-electron chi connectivity index (χ1n) is 7.20. The summed E-state index contributed by atoms with van der Waals surface area (Å²) in [5.41, 5.74) is 8.49. The summed E-state index contributed by atoms with van der Waals surface area (Å²) in [6.07, 6.45) is 0.931. The number of benzene rings is 2. The average Bonchev–Trinajstić information content (AvgIpc) is 2.53. The Balaban J connectivity index is 2.18. The number of nitrogens with two attached hydrogens (primary N) is 1. The summed E-state index contributed by atoms with van der Waals surface area (Å²) >= 11 is 0. The molecule has 0 spiro atoms. The molecule has 2 aromatic carbocycles. The summed E-state index contributed by atoms with van der Waals surface area (Å²) in [6.45, 7) is 2.68. The number of nitrogen functional groups attached to an aromatic ring is 1. The van der Waals surface area contributed by atoms with Crippen LogP contribution in [0.3, 0.4) is 0 Å². The molecule has 0 saturated carbocycles. The van der Waals surface area contributed by atoms with Crippen LogP contribution in [0.15, 0.2) is 48.5 Å². The van der Waals surface area contributed by atoms with E-state index in [1.54, 1.807) is 0 Å². The number of rotatable bonds is 7. The number of para-hydroxylation sites is 1. The summed E-state index contributed by atoms with van der Waals surface area (Å²) < 4.78 is 5.62. The largest absolute Gasteiger partial charge is 0.491 e. The van der Waals surface area contributed by atoms with Crippen molar-refractivity contribution in [3.63, 3.8) is 0 Å². The molecule has 0 radical (unpaired) electrons. The van der Waals surface area contributed by atoms with Crippen LogP contribution < -0.4 is 15.8 Å². The van der Waals surface area contributed by atoms with E-state index in [2.05, 4.69) is 12.2 Å². The predicted molar refractivity (Wildman–Crippen MR) is 86.5 cm³/mol. The van der Waals surface area contributed by atoms with Crippen molar-refractivity contribution in [2.75, 3.05) is 24.3 Å². The van der Waals surface area contributed by atoms with Crippen molar-refractivity contribution in [3.05, 3.63) is 54.1 Å². The zero-order valence-electron chi connectivity index (χ0n) is 12.3. The third-order valence-electron chi connectivity index (χ3n) is 3.24. The van der Waals surface area contributed by atoms with Crippen molar-refractivity contribution < 1.29 is 9.84 Å². The van der Waals surface area contributed by atoms with Crippen LogP contribution in [-0.2, 0) is 0 Å².